The zero-order chi connectivity index (χ0) is 14.3. The smallest absolute Gasteiger partial charge is 0.0359 e. The van der Waals surface area contributed by atoms with E-state index in [1.807, 2.05) is 0 Å². The van der Waals surface area contributed by atoms with Gasteiger partial charge in [-0.05, 0) is 52.2 Å². The molecule has 0 spiro atoms. The molecule has 1 N–H and O–H groups in total. The summed E-state index contributed by atoms with van der Waals surface area (Å²) < 4.78 is 0. The number of hydrogen-bond acceptors (Lipinski definition) is 2. The van der Waals surface area contributed by atoms with Crippen molar-refractivity contribution < 1.29 is 0 Å². The van der Waals surface area contributed by atoms with E-state index >= 15 is 0 Å². The van der Waals surface area contributed by atoms with Crippen LogP contribution in [0.5, 0.6) is 0 Å². The summed E-state index contributed by atoms with van der Waals surface area (Å²) in [7, 11) is 4.59. The van der Waals surface area contributed by atoms with Crippen molar-refractivity contribution in [3.8, 4) is 0 Å². The van der Waals surface area contributed by atoms with E-state index in [0.717, 1.165) is 12.5 Å². The molecule has 2 unspecified atom stereocenters. The molecule has 0 heterocycles. The van der Waals surface area contributed by atoms with Crippen LogP contribution in [0, 0.1) is 5.92 Å². The number of rotatable bonds is 8. The molecule has 0 aromatic rings. The fraction of sp³-hybridized carbons (Fsp3) is 1.00. The topological polar surface area (TPSA) is 15.3 Å². The van der Waals surface area contributed by atoms with Crippen LogP contribution in [0.2, 0.25) is 0 Å². The van der Waals surface area contributed by atoms with Crippen LogP contribution in [0.3, 0.4) is 0 Å². The summed E-state index contributed by atoms with van der Waals surface area (Å²) in [6.07, 6.45) is 10.9. The number of hydrogen-bond donors (Lipinski definition) is 1. The Morgan fingerprint density at radius 3 is 2.16 bits per heavy atom. The maximum Gasteiger partial charge on any atom is 0.0359 e. The normalized spacial score (nSPS) is 22.4. The maximum absolute atomic E-state index is 3.90. The molecular weight excluding hydrogens is 232 g/mol. The quantitative estimate of drug-likeness (QED) is 0.714. The van der Waals surface area contributed by atoms with Crippen LogP contribution in [0.1, 0.15) is 72.1 Å². The highest BCUT2D eigenvalue weighted by Gasteiger charge is 2.43. The van der Waals surface area contributed by atoms with Crippen LogP contribution in [0.25, 0.3) is 0 Å². The van der Waals surface area contributed by atoms with Crippen LogP contribution >= 0.6 is 0 Å². The molecule has 0 amide bonds. The zero-order valence-electron chi connectivity index (χ0n) is 14.0. The van der Waals surface area contributed by atoms with Crippen LogP contribution in [0.4, 0.5) is 0 Å². The van der Waals surface area contributed by atoms with E-state index < -0.39 is 0 Å². The van der Waals surface area contributed by atoms with E-state index in [1.165, 1.54) is 51.4 Å². The molecule has 1 saturated carbocycles. The molecule has 19 heavy (non-hydrogen) atoms. The van der Waals surface area contributed by atoms with Crippen molar-refractivity contribution in [3.05, 3.63) is 0 Å². The molecule has 2 atom stereocenters. The van der Waals surface area contributed by atoms with Crippen LogP contribution in [-0.2, 0) is 0 Å². The molecule has 1 aliphatic rings. The molecule has 0 aromatic heterocycles. The third kappa shape index (κ3) is 4.19. The second kappa shape index (κ2) is 8.26. The molecule has 2 heteroatoms. The number of nitrogens with one attached hydrogen (secondary N) is 1. The SMILES string of the molecule is CCCNC(C(C)CCC)C1(N(C)C)CCCCC1. The fourth-order valence-electron chi connectivity index (χ4n) is 4.04. The van der Waals surface area contributed by atoms with Gasteiger partial charge in [0.1, 0.15) is 0 Å². The second-order valence-corrected chi connectivity index (χ2v) is 6.76. The van der Waals surface area contributed by atoms with Crippen molar-refractivity contribution in [3.63, 3.8) is 0 Å². The maximum atomic E-state index is 3.90. The van der Waals surface area contributed by atoms with Gasteiger partial charge in [0, 0.05) is 11.6 Å². The lowest BCUT2D eigenvalue weighted by Gasteiger charge is -2.51. The van der Waals surface area contributed by atoms with Gasteiger partial charge < -0.3 is 10.2 Å². The van der Waals surface area contributed by atoms with E-state index in [1.54, 1.807) is 0 Å². The van der Waals surface area contributed by atoms with Gasteiger partial charge in [-0.15, -0.1) is 0 Å². The first-order chi connectivity index (χ1) is 9.08. The van der Waals surface area contributed by atoms with Crippen molar-refractivity contribution in [2.45, 2.75) is 83.7 Å². The highest BCUT2D eigenvalue weighted by Crippen LogP contribution is 2.38. The lowest BCUT2D eigenvalue weighted by molar-refractivity contribution is 0.0337. The lowest BCUT2D eigenvalue weighted by Crippen LogP contribution is -2.62. The molecule has 0 saturated heterocycles. The molecule has 1 aliphatic carbocycles. The predicted molar refractivity (Wildman–Crippen MR) is 85.7 cm³/mol. The molecule has 1 fully saturated rings. The monoisotopic (exact) mass is 268 g/mol. The van der Waals surface area contributed by atoms with Gasteiger partial charge >= 0.3 is 0 Å². The van der Waals surface area contributed by atoms with Gasteiger partial charge in [0.2, 0.25) is 0 Å². The molecule has 0 aromatic carbocycles. The standard InChI is InChI=1S/C17H36N2/c1-6-11-15(3)16(18-14-7-2)17(19(4)5)12-9-8-10-13-17/h15-16,18H,6-14H2,1-5H3. The average Bonchev–Trinajstić information content (AvgIpc) is 2.40. The summed E-state index contributed by atoms with van der Waals surface area (Å²) in [6.45, 7) is 8.21. The van der Waals surface area contributed by atoms with Gasteiger partial charge in [0.15, 0.2) is 0 Å². The van der Waals surface area contributed by atoms with E-state index in [2.05, 4.69) is 45.1 Å². The largest absolute Gasteiger partial charge is 0.312 e. The highest BCUT2D eigenvalue weighted by atomic mass is 15.2. The molecule has 0 aliphatic heterocycles. The Hall–Kier alpha value is -0.0800. The molecule has 1 rings (SSSR count). The highest BCUT2D eigenvalue weighted by molar-refractivity contribution is 5.02. The third-order valence-electron chi connectivity index (χ3n) is 5.12. The summed E-state index contributed by atoms with van der Waals surface area (Å²) in [4.78, 5) is 2.53. The van der Waals surface area contributed by atoms with Gasteiger partial charge in [0.05, 0.1) is 0 Å². The fourth-order valence-corrected chi connectivity index (χ4v) is 4.04. The molecule has 0 radical (unpaired) electrons. The average molecular weight is 268 g/mol. The summed E-state index contributed by atoms with van der Waals surface area (Å²) in [5.41, 5.74) is 0.391. The second-order valence-electron chi connectivity index (χ2n) is 6.76. The van der Waals surface area contributed by atoms with Crippen molar-refractivity contribution in [2.24, 2.45) is 5.92 Å². The minimum absolute atomic E-state index is 0.391. The molecule has 2 nitrogen and oxygen atoms in total. The number of nitrogens with zero attached hydrogens (tertiary/aromatic N) is 1. The minimum Gasteiger partial charge on any atom is -0.312 e. The van der Waals surface area contributed by atoms with Gasteiger partial charge in [0.25, 0.3) is 0 Å². The summed E-state index contributed by atoms with van der Waals surface area (Å²) in [5, 5.41) is 3.90. The zero-order valence-corrected chi connectivity index (χ0v) is 14.0. The van der Waals surface area contributed by atoms with Crippen LogP contribution in [0.15, 0.2) is 0 Å². The first-order valence-electron chi connectivity index (χ1n) is 8.49. The molecule has 0 bridgehead atoms. The van der Waals surface area contributed by atoms with E-state index in [9.17, 15) is 0 Å². The Labute approximate surface area is 121 Å². The van der Waals surface area contributed by atoms with Gasteiger partial charge in [-0.2, -0.15) is 0 Å². The molecule has 114 valence electrons. The predicted octanol–water partition coefficient (Wildman–Crippen LogP) is 4.06. The van der Waals surface area contributed by atoms with E-state index in [0.29, 0.717) is 11.6 Å². The first-order valence-corrected chi connectivity index (χ1v) is 8.49. The van der Waals surface area contributed by atoms with E-state index in [4.69, 9.17) is 0 Å². The Bertz CT molecular complexity index is 231. The van der Waals surface area contributed by atoms with E-state index in [-0.39, 0.29) is 0 Å². The van der Waals surface area contributed by atoms with Gasteiger partial charge in [-0.1, -0.05) is 46.5 Å². The summed E-state index contributed by atoms with van der Waals surface area (Å²) in [5.74, 6) is 0.775. The summed E-state index contributed by atoms with van der Waals surface area (Å²) in [6, 6.07) is 0.655. The minimum atomic E-state index is 0.391. The molecular formula is C17H36N2. The van der Waals surface area contributed by atoms with Crippen molar-refractivity contribution in [2.75, 3.05) is 20.6 Å². The van der Waals surface area contributed by atoms with Crippen molar-refractivity contribution in [1.29, 1.82) is 0 Å². The van der Waals surface area contributed by atoms with Gasteiger partial charge in [-0.3, -0.25) is 0 Å². The Balaban J connectivity index is 2.88. The third-order valence-corrected chi connectivity index (χ3v) is 5.12. The number of likely N-dealkylation sites (N-methyl/N-ethyl adjacent to an activating group) is 1. The Kier molecular flexibility index (Phi) is 7.38. The van der Waals surface area contributed by atoms with Crippen LogP contribution in [-0.4, -0.2) is 37.1 Å². The summed E-state index contributed by atoms with van der Waals surface area (Å²) >= 11 is 0. The van der Waals surface area contributed by atoms with Crippen molar-refractivity contribution in [1.82, 2.24) is 10.2 Å². The van der Waals surface area contributed by atoms with Crippen LogP contribution < -0.4 is 5.32 Å². The first kappa shape index (κ1) is 17.0. The Morgan fingerprint density at radius 2 is 1.68 bits per heavy atom. The Morgan fingerprint density at radius 1 is 1.05 bits per heavy atom. The van der Waals surface area contributed by atoms with Gasteiger partial charge in [-0.25, -0.2) is 0 Å². The lowest BCUT2D eigenvalue weighted by atomic mass is 9.70. The van der Waals surface area contributed by atoms with Crippen molar-refractivity contribution >= 4 is 0 Å².